The van der Waals surface area contributed by atoms with Crippen LogP contribution in [0, 0.1) is 0 Å². The number of carbonyl (C=O) groups is 2. The van der Waals surface area contributed by atoms with Gasteiger partial charge in [-0.25, -0.2) is 9.59 Å². The van der Waals surface area contributed by atoms with Gasteiger partial charge in [-0.1, -0.05) is 12.1 Å². The van der Waals surface area contributed by atoms with Gasteiger partial charge in [-0.15, -0.1) is 10.2 Å². The zero-order valence-electron chi connectivity index (χ0n) is 15.8. The molecule has 0 radical (unpaired) electrons. The Morgan fingerprint density at radius 3 is 2.64 bits per heavy atom. The summed E-state index contributed by atoms with van der Waals surface area (Å²) in [6, 6.07) is 6.41. The Hall–Kier alpha value is -2.90. The van der Waals surface area contributed by atoms with E-state index in [4.69, 9.17) is 5.11 Å². The number of carboxylic acid groups (broad SMARTS) is 1. The SMILES string of the molecule is O=C(O)c1ccc(CNC(=O)N2CCCCC2c2nnc3n2CCCC3)cc1. The molecule has 0 saturated carbocycles. The maximum absolute atomic E-state index is 12.9. The van der Waals surface area contributed by atoms with Gasteiger partial charge in [-0.05, 0) is 49.8 Å². The molecule has 1 fully saturated rings. The quantitative estimate of drug-likeness (QED) is 0.845. The Morgan fingerprint density at radius 1 is 1.07 bits per heavy atom. The predicted octanol–water partition coefficient (Wildman–Crippen LogP) is 2.75. The first-order chi connectivity index (χ1) is 13.6. The molecule has 2 amide bonds. The van der Waals surface area contributed by atoms with E-state index in [1.165, 1.54) is 0 Å². The van der Waals surface area contributed by atoms with Crippen molar-refractivity contribution in [2.24, 2.45) is 0 Å². The number of aromatic nitrogens is 3. The van der Waals surface area contributed by atoms with E-state index in [1.54, 1.807) is 24.3 Å². The molecule has 1 unspecified atom stereocenters. The van der Waals surface area contributed by atoms with E-state index < -0.39 is 5.97 Å². The third kappa shape index (κ3) is 3.72. The normalized spacial score (nSPS) is 19.1. The number of hydrogen-bond acceptors (Lipinski definition) is 4. The van der Waals surface area contributed by atoms with Crippen molar-refractivity contribution in [1.29, 1.82) is 0 Å². The number of urea groups is 1. The maximum atomic E-state index is 12.9. The summed E-state index contributed by atoms with van der Waals surface area (Å²) < 4.78 is 2.20. The van der Waals surface area contributed by atoms with Crippen molar-refractivity contribution in [1.82, 2.24) is 25.0 Å². The molecule has 28 heavy (non-hydrogen) atoms. The van der Waals surface area contributed by atoms with E-state index >= 15 is 0 Å². The van der Waals surface area contributed by atoms with Crippen LogP contribution in [-0.4, -0.2) is 43.3 Å². The highest BCUT2D eigenvalue weighted by molar-refractivity contribution is 5.87. The predicted molar refractivity (Wildman–Crippen MR) is 102 cm³/mol. The number of likely N-dealkylation sites (tertiary alicyclic amines) is 1. The van der Waals surface area contributed by atoms with Crippen LogP contribution in [0.3, 0.4) is 0 Å². The third-order valence-electron chi connectivity index (χ3n) is 5.59. The Morgan fingerprint density at radius 2 is 1.86 bits per heavy atom. The smallest absolute Gasteiger partial charge is 0.335 e. The Bertz CT molecular complexity index is 861. The number of fused-ring (bicyclic) bond motifs is 1. The minimum atomic E-state index is -0.955. The average Bonchev–Trinajstić information content (AvgIpc) is 3.16. The number of amides is 2. The number of carboxylic acids is 1. The van der Waals surface area contributed by atoms with Crippen LogP contribution in [0.25, 0.3) is 0 Å². The van der Waals surface area contributed by atoms with Gasteiger partial charge in [0.1, 0.15) is 5.82 Å². The number of piperidine rings is 1. The zero-order chi connectivity index (χ0) is 19.5. The molecule has 4 rings (SSSR count). The number of hydrogen-bond donors (Lipinski definition) is 2. The van der Waals surface area contributed by atoms with Gasteiger partial charge in [-0.3, -0.25) is 0 Å². The van der Waals surface area contributed by atoms with Gasteiger partial charge >= 0.3 is 12.0 Å². The highest BCUT2D eigenvalue weighted by Crippen LogP contribution is 2.31. The van der Waals surface area contributed by atoms with Crippen molar-refractivity contribution in [2.45, 2.75) is 57.7 Å². The fraction of sp³-hybridized carbons (Fsp3) is 0.500. The number of rotatable bonds is 4. The second-order valence-corrected chi connectivity index (χ2v) is 7.45. The van der Waals surface area contributed by atoms with Gasteiger partial charge in [0.05, 0.1) is 11.6 Å². The molecule has 1 saturated heterocycles. The summed E-state index contributed by atoms with van der Waals surface area (Å²) in [7, 11) is 0. The largest absolute Gasteiger partial charge is 0.478 e. The van der Waals surface area contributed by atoms with Crippen molar-refractivity contribution in [3.8, 4) is 0 Å². The van der Waals surface area contributed by atoms with Crippen molar-refractivity contribution in [2.75, 3.05) is 6.54 Å². The second kappa shape index (κ2) is 8.00. The maximum Gasteiger partial charge on any atom is 0.335 e. The first-order valence-electron chi connectivity index (χ1n) is 9.92. The molecule has 1 atom stereocenters. The average molecular weight is 383 g/mol. The van der Waals surface area contributed by atoms with Crippen LogP contribution in [0.4, 0.5) is 4.79 Å². The molecule has 2 aromatic rings. The van der Waals surface area contributed by atoms with Crippen LogP contribution < -0.4 is 5.32 Å². The fourth-order valence-corrected chi connectivity index (χ4v) is 4.06. The van der Waals surface area contributed by atoms with Crippen LogP contribution in [0.15, 0.2) is 24.3 Å². The summed E-state index contributed by atoms with van der Waals surface area (Å²) in [5, 5.41) is 20.7. The number of benzene rings is 1. The standard InChI is InChI=1S/C20H25N5O3/c26-19(27)15-9-7-14(8-10-15)13-21-20(28)24-11-3-1-5-16(24)18-23-22-17-6-2-4-12-25(17)18/h7-10,16H,1-6,11-13H2,(H,21,28)(H,26,27). The van der Waals surface area contributed by atoms with Crippen LogP contribution in [0.2, 0.25) is 0 Å². The van der Waals surface area contributed by atoms with Crippen LogP contribution in [0.1, 0.15) is 65.7 Å². The second-order valence-electron chi connectivity index (χ2n) is 7.45. The minimum absolute atomic E-state index is 0.0394. The number of aryl methyl sites for hydroxylation is 1. The Labute approximate surface area is 163 Å². The molecular weight excluding hydrogens is 358 g/mol. The molecule has 148 valence electrons. The molecule has 1 aromatic heterocycles. The first kappa shape index (κ1) is 18.5. The van der Waals surface area contributed by atoms with E-state index in [2.05, 4.69) is 20.1 Å². The van der Waals surface area contributed by atoms with Crippen LogP contribution >= 0.6 is 0 Å². The lowest BCUT2D eigenvalue weighted by atomic mass is 10.0. The Kier molecular flexibility index (Phi) is 5.27. The monoisotopic (exact) mass is 383 g/mol. The van der Waals surface area contributed by atoms with Crippen molar-refractivity contribution in [3.63, 3.8) is 0 Å². The molecule has 8 heteroatoms. The van der Waals surface area contributed by atoms with Crippen molar-refractivity contribution < 1.29 is 14.7 Å². The van der Waals surface area contributed by atoms with Crippen molar-refractivity contribution >= 4 is 12.0 Å². The van der Waals surface area contributed by atoms with Gasteiger partial charge in [0.15, 0.2) is 5.82 Å². The third-order valence-corrected chi connectivity index (χ3v) is 5.59. The summed E-state index contributed by atoms with van der Waals surface area (Å²) in [5.74, 6) is 0.990. The molecule has 0 spiro atoms. The van der Waals surface area contributed by atoms with Crippen molar-refractivity contribution in [3.05, 3.63) is 47.0 Å². The number of aromatic carboxylic acids is 1. The molecule has 2 N–H and O–H groups in total. The zero-order valence-corrected chi connectivity index (χ0v) is 15.8. The van der Waals surface area contributed by atoms with Gasteiger partial charge in [0, 0.05) is 26.1 Å². The highest BCUT2D eigenvalue weighted by atomic mass is 16.4. The molecule has 2 aliphatic heterocycles. The summed E-state index contributed by atoms with van der Waals surface area (Å²) >= 11 is 0. The summed E-state index contributed by atoms with van der Waals surface area (Å²) in [6.07, 6.45) is 6.19. The number of nitrogens with one attached hydrogen (secondary N) is 1. The molecule has 3 heterocycles. The number of carbonyl (C=O) groups excluding carboxylic acids is 1. The molecular formula is C20H25N5O3. The van der Waals surface area contributed by atoms with Gasteiger partial charge in [-0.2, -0.15) is 0 Å². The van der Waals surface area contributed by atoms with Crippen LogP contribution in [0.5, 0.6) is 0 Å². The van der Waals surface area contributed by atoms with E-state index in [-0.39, 0.29) is 17.6 Å². The Balaban J connectivity index is 1.44. The summed E-state index contributed by atoms with van der Waals surface area (Å²) in [5.41, 5.74) is 1.11. The van der Waals surface area contributed by atoms with Crippen LogP contribution in [-0.2, 0) is 19.5 Å². The molecule has 8 nitrogen and oxygen atoms in total. The lowest BCUT2D eigenvalue weighted by molar-refractivity contribution is 0.0697. The summed E-state index contributed by atoms with van der Waals surface area (Å²) in [4.78, 5) is 25.7. The molecule has 0 bridgehead atoms. The molecule has 2 aliphatic rings. The lowest BCUT2D eigenvalue weighted by Gasteiger charge is -2.35. The minimum Gasteiger partial charge on any atom is -0.478 e. The topological polar surface area (TPSA) is 100 Å². The van der Waals surface area contributed by atoms with E-state index in [0.29, 0.717) is 13.1 Å². The van der Waals surface area contributed by atoms with E-state index in [1.807, 2.05) is 4.90 Å². The summed E-state index contributed by atoms with van der Waals surface area (Å²) in [6.45, 7) is 2.00. The van der Waals surface area contributed by atoms with Gasteiger partial charge in [0.25, 0.3) is 0 Å². The molecule has 1 aromatic carbocycles. The number of nitrogens with zero attached hydrogens (tertiary/aromatic N) is 4. The van der Waals surface area contributed by atoms with Gasteiger partial charge < -0.3 is 19.9 Å². The lowest BCUT2D eigenvalue weighted by Crippen LogP contribution is -2.45. The van der Waals surface area contributed by atoms with E-state index in [9.17, 15) is 9.59 Å². The first-order valence-corrected chi connectivity index (χ1v) is 9.92. The van der Waals surface area contributed by atoms with E-state index in [0.717, 1.165) is 62.3 Å². The van der Waals surface area contributed by atoms with Gasteiger partial charge in [0.2, 0.25) is 0 Å². The fourth-order valence-electron chi connectivity index (χ4n) is 4.06. The highest BCUT2D eigenvalue weighted by Gasteiger charge is 2.32. The molecule has 0 aliphatic carbocycles.